The van der Waals surface area contributed by atoms with E-state index in [2.05, 4.69) is 69.3 Å². The average molecular weight is 414 g/mol. The predicted molar refractivity (Wildman–Crippen MR) is 117 cm³/mol. The van der Waals surface area contributed by atoms with Gasteiger partial charge in [-0.3, -0.25) is 4.90 Å². The zero-order valence-corrected chi connectivity index (χ0v) is 18.5. The highest BCUT2D eigenvalue weighted by molar-refractivity contribution is 6.99. The third-order valence-corrected chi connectivity index (χ3v) is 10.6. The van der Waals surface area contributed by atoms with Gasteiger partial charge in [-0.2, -0.15) is 0 Å². The standard InChI is InChI=1S/C23H31NO4Si/c1-23(2,3)29(19-11-6-4-7-12-19,20-13-8-5-9-14-20)28-17-10-15-21-24(22(25)26)16-18-27-21/h4-9,11-14,21H,10,15-18H2,1-3H3,(H,25,26). The van der Waals surface area contributed by atoms with E-state index in [4.69, 9.17) is 9.16 Å². The number of rotatable bonds is 7. The second-order valence-electron chi connectivity index (χ2n) is 8.46. The highest BCUT2D eigenvalue weighted by atomic mass is 28.4. The van der Waals surface area contributed by atoms with E-state index >= 15 is 0 Å². The number of hydrogen-bond acceptors (Lipinski definition) is 3. The lowest BCUT2D eigenvalue weighted by atomic mass is 10.2. The average Bonchev–Trinajstić information content (AvgIpc) is 3.17. The van der Waals surface area contributed by atoms with Crippen LogP contribution in [0.1, 0.15) is 33.6 Å². The maximum Gasteiger partial charge on any atom is 0.409 e. The maximum atomic E-state index is 11.3. The van der Waals surface area contributed by atoms with Crippen LogP contribution in [0.3, 0.4) is 0 Å². The van der Waals surface area contributed by atoms with Crippen LogP contribution in [0.2, 0.25) is 5.04 Å². The topological polar surface area (TPSA) is 59.0 Å². The molecule has 5 nitrogen and oxygen atoms in total. The molecule has 0 bridgehead atoms. The molecule has 3 rings (SSSR count). The predicted octanol–water partition coefficient (Wildman–Crippen LogP) is 3.68. The fourth-order valence-electron chi connectivity index (χ4n) is 4.22. The Morgan fingerprint density at radius 2 is 1.66 bits per heavy atom. The van der Waals surface area contributed by atoms with Gasteiger partial charge in [0.1, 0.15) is 6.23 Å². The van der Waals surface area contributed by atoms with Crippen LogP contribution in [-0.2, 0) is 9.16 Å². The SMILES string of the molecule is CC(C)(C)[Si](OCCCC1OCCN1C(=O)O)(c1ccccc1)c1ccccc1. The second kappa shape index (κ2) is 9.11. The van der Waals surface area contributed by atoms with E-state index < -0.39 is 14.4 Å². The van der Waals surface area contributed by atoms with Crippen molar-refractivity contribution in [3.8, 4) is 0 Å². The Morgan fingerprint density at radius 1 is 1.10 bits per heavy atom. The first-order chi connectivity index (χ1) is 13.9. The number of benzene rings is 2. The molecule has 2 aromatic carbocycles. The molecule has 1 aliphatic heterocycles. The van der Waals surface area contributed by atoms with Gasteiger partial charge in [-0.15, -0.1) is 0 Å². The highest BCUT2D eigenvalue weighted by Crippen LogP contribution is 2.36. The van der Waals surface area contributed by atoms with Crippen LogP contribution in [0.15, 0.2) is 60.7 Å². The first-order valence-electron chi connectivity index (χ1n) is 10.2. The lowest BCUT2D eigenvalue weighted by Gasteiger charge is -2.43. The first kappa shape index (κ1) is 21.6. The van der Waals surface area contributed by atoms with Crippen molar-refractivity contribution in [3.05, 3.63) is 60.7 Å². The minimum Gasteiger partial charge on any atom is -0.465 e. The molecule has 6 heteroatoms. The Morgan fingerprint density at radius 3 is 2.14 bits per heavy atom. The maximum absolute atomic E-state index is 11.3. The number of amides is 1. The summed E-state index contributed by atoms with van der Waals surface area (Å²) in [5.74, 6) is 0. The van der Waals surface area contributed by atoms with E-state index in [9.17, 15) is 9.90 Å². The number of hydrogen-bond donors (Lipinski definition) is 1. The van der Waals surface area contributed by atoms with Gasteiger partial charge in [0.2, 0.25) is 0 Å². The van der Waals surface area contributed by atoms with Crippen molar-refractivity contribution >= 4 is 24.8 Å². The summed E-state index contributed by atoms with van der Waals surface area (Å²) in [5.41, 5.74) is 0. The largest absolute Gasteiger partial charge is 0.465 e. The Hall–Kier alpha value is -2.15. The Balaban J connectivity index is 1.82. The van der Waals surface area contributed by atoms with E-state index in [-0.39, 0.29) is 11.3 Å². The van der Waals surface area contributed by atoms with Crippen molar-refractivity contribution < 1.29 is 19.1 Å². The highest BCUT2D eigenvalue weighted by Gasteiger charge is 2.50. The summed E-state index contributed by atoms with van der Waals surface area (Å²) in [6.45, 7) is 8.24. The molecule has 1 heterocycles. The minimum atomic E-state index is -2.54. The Labute approximate surface area is 174 Å². The van der Waals surface area contributed by atoms with Gasteiger partial charge in [0.05, 0.1) is 13.2 Å². The lowest BCUT2D eigenvalue weighted by molar-refractivity contribution is 0.0265. The van der Waals surface area contributed by atoms with Crippen LogP contribution < -0.4 is 10.4 Å². The zero-order valence-electron chi connectivity index (χ0n) is 17.5. The normalized spacial score (nSPS) is 17.5. The number of carbonyl (C=O) groups is 1. The van der Waals surface area contributed by atoms with E-state index in [1.54, 1.807) is 0 Å². The summed E-state index contributed by atoms with van der Waals surface area (Å²) in [5, 5.41) is 11.7. The van der Waals surface area contributed by atoms with Gasteiger partial charge in [0, 0.05) is 6.61 Å². The molecule has 1 amide bonds. The van der Waals surface area contributed by atoms with Gasteiger partial charge in [-0.1, -0.05) is 81.4 Å². The zero-order chi connectivity index (χ0) is 20.9. The molecule has 29 heavy (non-hydrogen) atoms. The monoisotopic (exact) mass is 413 g/mol. The van der Waals surface area contributed by atoms with Crippen LogP contribution >= 0.6 is 0 Å². The Bertz CT molecular complexity index is 752. The summed E-state index contributed by atoms with van der Waals surface area (Å²) >= 11 is 0. The van der Waals surface area contributed by atoms with Crippen molar-refractivity contribution in [3.63, 3.8) is 0 Å². The van der Waals surface area contributed by atoms with Gasteiger partial charge < -0.3 is 14.3 Å². The molecular weight excluding hydrogens is 382 g/mol. The van der Waals surface area contributed by atoms with Gasteiger partial charge in [0.15, 0.2) is 0 Å². The molecule has 1 aliphatic rings. The minimum absolute atomic E-state index is 0.0628. The summed E-state index contributed by atoms with van der Waals surface area (Å²) in [4.78, 5) is 12.7. The van der Waals surface area contributed by atoms with Gasteiger partial charge in [-0.05, 0) is 28.3 Å². The van der Waals surface area contributed by atoms with E-state index in [1.807, 2.05) is 12.1 Å². The van der Waals surface area contributed by atoms with Gasteiger partial charge >= 0.3 is 6.09 Å². The molecule has 156 valence electrons. The van der Waals surface area contributed by atoms with Crippen LogP contribution in [0.5, 0.6) is 0 Å². The summed E-state index contributed by atoms with van der Waals surface area (Å²) in [7, 11) is -2.54. The quantitative estimate of drug-likeness (QED) is 0.556. The van der Waals surface area contributed by atoms with Crippen LogP contribution in [0, 0.1) is 0 Å². The van der Waals surface area contributed by atoms with Crippen molar-refractivity contribution in [2.24, 2.45) is 0 Å². The molecule has 1 unspecified atom stereocenters. The molecule has 1 atom stereocenters. The first-order valence-corrected chi connectivity index (χ1v) is 12.1. The van der Waals surface area contributed by atoms with Crippen LogP contribution in [0.25, 0.3) is 0 Å². The third-order valence-electron chi connectivity index (χ3n) is 5.57. The number of ether oxygens (including phenoxy) is 1. The molecule has 0 spiro atoms. The Kier molecular flexibility index (Phi) is 6.77. The molecular formula is C23H31NO4Si. The van der Waals surface area contributed by atoms with E-state index in [0.717, 1.165) is 6.42 Å². The molecule has 1 N–H and O–H groups in total. The smallest absolute Gasteiger partial charge is 0.409 e. The van der Waals surface area contributed by atoms with Gasteiger partial charge in [-0.25, -0.2) is 4.79 Å². The molecule has 1 fully saturated rings. The summed E-state index contributed by atoms with van der Waals surface area (Å²) in [6.07, 6.45) is 0.111. The van der Waals surface area contributed by atoms with Crippen molar-refractivity contribution in [2.75, 3.05) is 19.8 Å². The van der Waals surface area contributed by atoms with Crippen LogP contribution in [0.4, 0.5) is 4.79 Å². The summed E-state index contributed by atoms with van der Waals surface area (Å²) in [6, 6.07) is 21.1. The molecule has 1 saturated heterocycles. The van der Waals surface area contributed by atoms with Crippen molar-refractivity contribution in [1.29, 1.82) is 0 Å². The molecule has 0 aromatic heterocycles. The van der Waals surface area contributed by atoms with E-state index in [1.165, 1.54) is 15.3 Å². The van der Waals surface area contributed by atoms with Gasteiger partial charge in [0.25, 0.3) is 8.32 Å². The fourth-order valence-corrected chi connectivity index (χ4v) is 8.83. The van der Waals surface area contributed by atoms with E-state index in [0.29, 0.717) is 26.2 Å². The fraction of sp³-hybridized carbons (Fsp3) is 0.435. The summed E-state index contributed by atoms with van der Waals surface area (Å²) < 4.78 is 12.4. The molecule has 2 aromatic rings. The van der Waals surface area contributed by atoms with Crippen LogP contribution in [-0.4, -0.2) is 50.4 Å². The number of carboxylic acid groups (broad SMARTS) is 1. The van der Waals surface area contributed by atoms with Crippen molar-refractivity contribution in [1.82, 2.24) is 4.90 Å². The van der Waals surface area contributed by atoms with Crippen molar-refractivity contribution in [2.45, 2.75) is 44.9 Å². The molecule has 0 radical (unpaired) electrons. The second-order valence-corrected chi connectivity index (χ2v) is 12.8. The molecule has 0 saturated carbocycles. The lowest BCUT2D eigenvalue weighted by Crippen LogP contribution is -2.66. The third kappa shape index (κ3) is 4.55. The molecule has 0 aliphatic carbocycles. The number of nitrogens with zero attached hydrogens (tertiary/aromatic N) is 1.